The second-order valence-electron chi connectivity index (χ2n) is 8.84. The normalized spacial score (nSPS) is 19.1. The van der Waals surface area contributed by atoms with Crippen LogP contribution in [-0.2, 0) is 0 Å². The molecule has 0 bridgehead atoms. The lowest BCUT2D eigenvalue weighted by Crippen LogP contribution is -2.43. The molecule has 1 saturated carbocycles. The molecule has 1 aliphatic carbocycles. The average molecular weight is 448 g/mol. The summed E-state index contributed by atoms with van der Waals surface area (Å²) in [6.45, 7) is 6.32. The number of anilines is 1. The summed E-state index contributed by atoms with van der Waals surface area (Å²) >= 11 is 0. The van der Waals surface area contributed by atoms with E-state index in [4.69, 9.17) is 10.7 Å². The van der Waals surface area contributed by atoms with Gasteiger partial charge in [0.1, 0.15) is 17.9 Å². The number of aliphatic hydroxyl groups excluding tert-OH is 1. The zero-order valence-corrected chi connectivity index (χ0v) is 19.2. The van der Waals surface area contributed by atoms with E-state index in [1.165, 1.54) is 0 Å². The number of rotatable bonds is 9. The van der Waals surface area contributed by atoms with E-state index in [1.54, 1.807) is 6.92 Å². The molecule has 0 saturated heterocycles. The number of halogens is 2. The van der Waals surface area contributed by atoms with Crippen LogP contribution in [0.4, 0.5) is 14.6 Å². The van der Waals surface area contributed by atoms with Crippen LogP contribution in [0.25, 0.3) is 10.9 Å². The van der Waals surface area contributed by atoms with E-state index in [2.05, 4.69) is 22.5 Å². The van der Waals surface area contributed by atoms with Crippen LogP contribution in [0.3, 0.4) is 0 Å². The quantitative estimate of drug-likeness (QED) is 0.339. The van der Waals surface area contributed by atoms with Crippen LogP contribution in [0.1, 0.15) is 63.5 Å². The van der Waals surface area contributed by atoms with E-state index < -0.39 is 12.2 Å². The summed E-state index contributed by atoms with van der Waals surface area (Å²) in [6, 6.07) is 8.33. The molecule has 0 amide bonds. The molecule has 1 aromatic carbocycles. The number of nitrogens with two attached hydrogens (primary N) is 1. The van der Waals surface area contributed by atoms with Gasteiger partial charge in [-0.05, 0) is 57.7 Å². The second kappa shape index (κ2) is 10.5. The molecule has 3 rings (SSSR count). The fourth-order valence-electron chi connectivity index (χ4n) is 4.21. The van der Waals surface area contributed by atoms with E-state index in [-0.39, 0.29) is 30.8 Å². The van der Waals surface area contributed by atoms with Crippen molar-refractivity contribution in [1.29, 1.82) is 0 Å². The highest BCUT2D eigenvalue weighted by atomic mass is 19.3. The first-order chi connectivity index (χ1) is 15.2. The Labute approximate surface area is 188 Å². The summed E-state index contributed by atoms with van der Waals surface area (Å²) < 4.78 is 26.8. The van der Waals surface area contributed by atoms with Crippen molar-refractivity contribution in [3.8, 4) is 0 Å². The number of pyridine rings is 1. The standard InChI is InChI=1S/C24H35F2N5O/c1-4-18(30-19-7-10-24(25,26)11-8-19)9-12-28-23-20(22(27)29-16(3)32)14-17-13-15(2)5-6-21(17)31-23/h5-6,13-14,16,18-19,30,32H,4,7-12H2,1-3H3,(H2,27,29)(H,28,31). The Morgan fingerprint density at radius 1 is 1.31 bits per heavy atom. The molecule has 0 radical (unpaired) electrons. The topological polar surface area (TPSA) is 95.6 Å². The van der Waals surface area contributed by atoms with Gasteiger partial charge in [-0.2, -0.15) is 0 Å². The molecule has 0 aliphatic heterocycles. The Kier molecular flexibility index (Phi) is 8.00. The third-order valence-electron chi connectivity index (χ3n) is 6.04. The number of aliphatic hydroxyl groups is 1. The summed E-state index contributed by atoms with van der Waals surface area (Å²) in [4.78, 5) is 8.82. The van der Waals surface area contributed by atoms with Crippen molar-refractivity contribution < 1.29 is 13.9 Å². The van der Waals surface area contributed by atoms with E-state index in [0.717, 1.165) is 29.3 Å². The Balaban J connectivity index is 1.69. The lowest BCUT2D eigenvalue weighted by Gasteiger charge is -2.32. The van der Waals surface area contributed by atoms with Crippen molar-refractivity contribution in [2.24, 2.45) is 10.7 Å². The molecular weight excluding hydrogens is 412 g/mol. The third-order valence-corrected chi connectivity index (χ3v) is 6.04. The molecule has 1 fully saturated rings. The molecule has 0 spiro atoms. The van der Waals surface area contributed by atoms with Crippen molar-refractivity contribution in [3.63, 3.8) is 0 Å². The molecule has 2 unspecified atom stereocenters. The lowest BCUT2D eigenvalue weighted by atomic mass is 9.91. The molecule has 1 aromatic heterocycles. The molecule has 32 heavy (non-hydrogen) atoms. The number of amidine groups is 1. The van der Waals surface area contributed by atoms with Crippen LogP contribution in [-0.4, -0.2) is 46.7 Å². The van der Waals surface area contributed by atoms with Gasteiger partial charge in [0, 0.05) is 36.9 Å². The maximum atomic E-state index is 13.4. The summed E-state index contributed by atoms with van der Waals surface area (Å²) in [7, 11) is 0. The number of fused-ring (bicyclic) bond motifs is 1. The van der Waals surface area contributed by atoms with E-state index in [9.17, 15) is 13.9 Å². The van der Waals surface area contributed by atoms with Gasteiger partial charge in [-0.3, -0.25) is 0 Å². The number of hydrogen-bond acceptors (Lipinski definition) is 5. The first-order valence-corrected chi connectivity index (χ1v) is 11.5. The van der Waals surface area contributed by atoms with Crippen LogP contribution >= 0.6 is 0 Å². The minimum Gasteiger partial charge on any atom is -0.383 e. The van der Waals surface area contributed by atoms with Crippen molar-refractivity contribution in [1.82, 2.24) is 10.3 Å². The zero-order valence-electron chi connectivity index (χ0n) is 19.2. The van der Waals surface area contributed by atoms with E-state index >= 15 is 0 Å². The van der Waals surface area contributed by atoms with Gasteiger partial charge in [0.15, 0.2) is 0 Å². The molecule has 5 N–H and O–H groups in total. The minimum atomic E-state index is -2.51. The number of aryl methyl sites for hydroxylation is 1. The largest absolute Gasteiger partial charge is 0.383 e. The molecule has 176 valence electrons. The fraction of sp³-hybridized carbons (Fsp3) is 0.583. The van der Waals surface area contributed by atoms with Gasteiger partial charge in [0.05, 0.1) is 11.1 Å². The van der Waals surface area contributed by atoms with Gasteiger partial charge in [-0.1, -0.05) is 18.6 Å². The van der Waals surface area contributed by atoms with Gasteiger partial charge in [-0.15, -0.1) is 0 Å². The van der Waals surface area contributed by atoms with Crippen molar-refractivity contribution in [3.05, 3.63) is 35.4 Å². The van der Waals surface area contributed by atoms with Gasteiger partial charge >= 0.3 is 0 Å². The van der Waals surface area contributed by atoms with Crippen LogP contribution < -0.4 is 16.4 Å². The maximum Gasteiger partial charge on any atom is 0.248 e. The number of aromatic nitrogens is 1. The number of aliphatic imine (C=N–C) groups is 1. The van der Waals surface area contributed by atoms with Gasteiger partial charge in [0.25, 0.3) is 0 Å². The number of nitrogens with one attached hydrogen (secondary N) is 2. The molecule has 6 nitrogen and oxygen atoms in total. The van der Waals surface area contributed by atoms with Crippen LogP contribution in [0, 0.1) is 6.92 Å². The molecular formula is C24H35F2N5O. The monoisotopic (exact) mass is 447 g/mol. The van der Waals surface area contributed by atoms with E-state index in [1.807, 2.05) is 31.2 Å². The molecule has 1 aliphatic rings. The van der Waals surface area contributed by atoms with Gasteiger partial charge in [0.2, 0.25) is 5.92 Å². The smallest absolute Gasteiger partial charge is 0.248 e. The average Bonchev–Trinajstić information content (AvgIpc) is 2.73. The number of alkyl halides is 2. The van der Waals surface area contributed by atoms with Gasteiger partial charge < -0.3 is 21.5 Å². The van der Waals surface area contributed by atoms with Crippen LogP contribution in [0.5, 0.6) is 0 Å². The Morgan fingerprint density at radius 3 is 2.69 bits per heavy atom. The number of hydrogen-bond donors (Lipinski definition) is 4. The fourth-order valence-corrected chi connectivity index (χ4v) is 4.21. The Bertz CT molecular complexity index is 937. The lowest BCUT2D eigenvalue weighted by molar-refractivity contribution is -0.0413. The first-order valence-electron chi connectivity index (χ1n) is 11.5. The first kappa shape index (κ1) is 24.3. The van der Waals surface area contributed by atoms with E-state index in [0.29, 0.717) is 30.8 Å². The maximum absolute atomic E-state index is 13.4. The summed E-state index contributed by atoms with van der Waals surface area (Å²) in [5.41, 5.74) is 8.78. The highest BCUT2D eigenvalue weighted by Crippen LogP contribution is 2.33. The molecule has 2 atom stereocenters. The van der Waals surface area contributed by atoms with Gasteiger partial charge in [-0.25, -0.2) is 18.8 Å². The number of nitrogens with zero attached hydrogens (tertiary/aromatic N) is 2. The number of benzene rings is 1. The molecule has 2 aromatic rings. The molecule has 1 heterocycles. The van der Waals surface area contributed by atoms with Crippen LogP contribution in [0.2, 0.25) is 0 Å². The van der Waals surface area contributed by atoms with Crippen molar-refractivity contribution >= 4 is 22.6 Å². The highest BCUT2D eigenvalue weighted by molar-refractivity contribution is 6.04. The third kappa shape index (κ3) is 6.59. The summed E-state index contributed by atoms with van der Waals surface area (Å²) in [5.74, 6) is -1.66. The predicted molar refractivity (Wildman–Crippen MR) is 126 cm³/mol. The predicted octanol–water partition coefficient (Wildman–Crippen LogP) is 4.33. The second-order valence-corrected chi connectivity index (χ2v) is 8.84. The zero-order chi connectivity index (χ0) is 23.3. The summed E-state index contributed by atoms with van der Waals surface area (Å²) in [5, 5.41) is 17.5. The van der Waals surface area contributed by atoms with Crippen LogP contribution in [0.15, 0.2) is 29.3 Å². The minimum absolute atomic E-state index is 0.0366. The van der Waals surface area contributed by atoms with Crippen molar-refractivity contribution in [2.75, 3.05) is 11.9 Å². The van der Waals surface area contributed by atoms with Crippen molar-refractivity contribution in [2.45, 2.75) is 83.5 Å². The Hall–Kier alpha value is -2.32. The molecule has 8 heteroatoms. The Morgan fingerprint density at radius 2 is 2.03 bits per heavy atom. The summed E-state index contributed by atoms with van der Waals surface area (Å²) in [6.07, 6.45) is 1.78. The highest BCUT2D eigenvalue weighted by Gasteiger charge is 2.35. The SMILES string of the molecule is CCC(CCNc1nc2ccc(C)cc2cc1C(N)=NC(C)O)NC1CCC(F)(F)CC1.